The van der Waals surface area contributed by atoms with Crippen molar-refractivity contribution in [3.8, 4) is 5.69 Å². The predicted octanol–water partition coefficient (Wildman–Crippen LogP) is 3.48. The zero-order valence-electron chi connectivity index (χ0n) is 23.2. The quantitative estimate of drug-likeness (QED) is 0.438. The Balaban J connectivity index is 1.79. The number of halogens is 5. The summed E-state index contributed by atoms with van der Waals surface area (Å²) in [5.41, 5.74) is 0.328. The summed E-state index contributed by atoms with van der Waals surface area (Å²) in [4.78, 5) is 52.8. The van der Waals surface area contributed by atoms with Crippen LogP contribution in [-0.2, 0) is 14.4 Å². The Bertz CT molecular complexity index is 1300. The predicted molar refractivity (Wildman–Crippen MR) is 137 cm³/mol. The lowest BCUT2D eigenvalue weighted by Crippen LogP contribution is -2.58. The molecular weight excluding hydrogens is 553 g/mol. The highest BCUT2D eigenvalue weighted by Gasteiger charge is 2.46. The number of alkyl halides is 3. The molecule has 1 fully saturated rings. The summed E-state index contributed by atoms with van der Waals surface area (Å²) in [5, 5.41) is 8.83. The second kappa shape index (κ2) is 12.4. The minimum atomic E-state index is -5.14. The van der Waals surface area contributed by atoms with E-state index in [0.717, 1.165) is 12.1 Å². The van der Waals surface area contributed by atoms with Gasteiger partial charge in [-0.05, 0) is 43.7 Å². The maximum atomic E-state index is 13.7. The zero-order chi connectivity index (χ0) is 30.8. The third-order valence-corrected chi connectivity index (χ3v) is 6.93. The van der Waals surface area contributed by atoms with Gasteiger partial charge < -0.3 is 15.5 Å². The molecule has 2 N–H and O–H groups in total. The second-order valence-corrected chi connectivity index (χ2v) is 10.7. The molecule has 14 heteroatoms. The van der Waals surface area contributed by atoms with E-state index in [-0.39, 0.29) is 29.9 Å². The van der Waals surface area contributed by atoms with Crippen LogP contribution in [0.3, 0.4) is 0 Å². The van der Waals surface area contributed by atoms with Crippen LogP contribution in [0, 0.1) is 30.4 Å². The molecule has 1 aromatic heterocycles. The van der Waals surface area contributed by atoms with Gasteiger partial charge in [0.1, 0.15) is 23.7 Å². The van der Waals surface area contributed by atoms with E-state index in [1.807, 2.05) is 0 Å². The van der Waals surface area contributed by atoms with Crippen LogP contribution in [0.25, 0.3) is 5.69 Å². The number of nitrogens with zero attached hydrogens (tertiary/aromatic N) is 3. The van der Waals surface area contributed by atoms with E-state index in [0.29, 0.717) is 12.5 Å². The Labute approximate surface area is 233 Å². The number of Topliss-reactive ketones (excluding diaryl/α,β-unsaturated/α-hetero) is 1. The lowest BCUT2D eigenvalue weighted by Gasteiger charge is -2.31. The maximum absolute atomic E-state index is 13.7. The second-order valence-electron chi connectivity index (χ2n) is 10.7. The van der Waals surface area contributed by atoms with E-state index in [2.05, 4.69) is 15.7 Å². The first-order valence-corrected chi connectivity index (χ1v) is 13.1. The molecule has 0 aliphatic carbocycles. The van der Waals surface area contributed by atoms with E-state index in [4.69, 9.17) is 0 Å². The molecule has 0 radical (unpaired) electrons. The lowest BCUT2D eigenvalue weighted by atomic mass is 9.98. The van der Waals surface area contributed by atoms with Gasteiger partial charge in [-0.1, -0.05) is 27.7 Å². The number of amides is 3. The van der Waals surface area contributed by atoms with Crippen molar-refractivity contribution in [2.75, 3.05) is 6.54 Å². The number of benzene rings is 1. The fourth-order valence-electron chi connectivity index (χ4n) is 4.73. The van der Waals surface area contributed by atoms with Crippen molar-refractivity contribution in [2.45, 2.75) is 71.8 Å². The van der Waals surface area contributed by atoms with Crippen LogP contribution < -0.4 is 10.6 Å². The van der Waals surface area contributed by atoms with Crippen LogP contribution in [0.2, 0.25) is 0 Å². The fourth-order valence-corrected chi connectivity index (χ4v) is 4.73. The summed E-state index contributed by atoms with van der Waals surface area (Å²) in [5.74, 6) is -7.27. The summed E-state index contributed by atoms with van der Waals surface area (Å²) < 4.78 is 67.8. The Morgan fingerprint density at radius 2 is 1.54 bits per heavy atom. The monoisotopic (exact) mass is 585 g/mol. The molecule has 41 heavy (non-hydrogen) atoms. The molecule has 0 saturated carbocycles. The SMILES string of the molecule is Cc1c(C(=O)N[C@H](C(=O)N2CCC[C@H]2C(=O)N[C@H](C(=O)C(F)(F)F)C(C)C)C(C)C)cnn1-c1cc(F)cc(F)c1. The van der Waals surface area contributed by atoms with Gasteiger partial charge in [0.2, 0.25) is 11.8 Å². The molecule has 9 nitrogen and oxygen atoms in total. The normalized spacial score (nSPS) is 17.1. The zero-order valence-corrected chi connectivity index (χ0v) is 23.2. The van der Waals surface area contributed by atoms with E-state index in [1.54, 1.807) is 13.8 Å². The molecule has 1 saturated heterocycles. The Morgan fingerprint density at radius 3 is 2.07 bits per heavy atom. The molecule has 2 aromatic rings. The summed E-state index contributed by atoms with van der Waals surface area (Å²) >= 11 is 0. The molecule has 1 aliphatic heterocycles. The number of aromatic nitrogens is 2. The van der Waals surface area contributed by atoms with Crippen molar-refractivity contribution in [2.24, 2.45) is 11.8 Å². The Hall–Kier alpha value is -3.84. The van der Waals surface area contributed by atoms with Gasteiger partial charge in [0.05, 0.1) is 29.2 Å². The van der Waals surface area contributed by atoms with Crippen molar-refractivity contribution in [3.05, 3.63) is 47.3 Å². The van der Waals surface area contributed by atoms with Crippen LogP contribution in [-0.4, -0.2) is 69.0 Å². The molecule has 0 bridgehead atoms. The number of carbonyl (C=O) groups is 4. The summed E-state index contributed by atoms with van der Waals surface area (Å²) in [7, 11) is 0. The molecule has 3 rings (SSSR count). The van der Waals surface area contributed by atoms with Crippen molar-refractivity contribution in [1.29, 1.82) is 0 Å². The van der Waals surface area contributed by atoms with Crippen molar-refractivity contribution in [1.82, 2.24) is 25.3 Å². The topological polar surface area (TPSA) is 113 Å². The summed E-state index contributed by atoms with van der Waals surface area (Å²) in [6.07, 6.45) is -3.41. The molecule has 0 unspecified atom stereocenters. The lowest BCUT2D eigenvalue weighted by molar-refractivity contribution is -0.175. The highest BCUT2D eigenvalue weighted by Crippen LogP contribution is 2.24. The van der Waals surface area contributed by atoms with Gasteiger partial charge >= 0.3 is 6.18 Å². The first kappa shape index (κ1) is 31.7. The van der Waals surface area contributed by atoms with Gasteiger partial charge in [-0.2, -0.15) is 18.3 Å². The van der Waals surface area contributed by atoms with Gasteiger partial charge in [-0.15, -0.1) is 0 Å². The molecule has 2 heterocycles. The first-order valence-electron chi connectivity index (χ1n) is 13.1. The van der Waals surface area contributed by atoms with Crippen LogP contribution >= 0.6 is 0 Å². The molecule has 1 aliphatic rings. The van der Waals surface area contributed by atoms with Crippen LogP contribution in [0.4, 0.5) is 22.0 Å². The summed E-state index contributed by atoms with van der Waals surface area (Å²) in [6.45, 7) is 7.69. The molecule has 3 amide bonds. The number of carbonyl (C=O) groups excluding carboxylic acids is 4. The first-order chi connectivity index (χ1) is 19.0. The van der Waals surface area contributed by atoms with Crippen LogP contribution in [0.15, 0.2) is 24.4 Å². The highest BCUT2D eigenvalue weighted by molar-refractivity contribution is 6.00. The van der Waals surface area contributed by atoms with Crippen molar-refractivity contribution >= 4 is 23.5 Å². The molecule has 0 spiro atoms. The average molecular weight is 586 g/mol. The van der Waals surface area contributed by atoms with E-state index in [1.165, 1.54) is 36.5 Å². The summed E-state index contributed by atoms with van der Waals surface area (Å²) in [6, 6.07) is -1.30. The Kier molecular flexibility index (Phi) is 9.54. The van der Waals surface area contributed by atoms with E-state index >= 15 is 0 Å². The van der Waals surface area contributed by atoms with Crippen molar-refractivity contribution < 1.29 is 41.1 Å². The van der Waals surface area contributed by atoms with Gasteiger partial charge in [0.25, 0.3) is 11.7 Å². The number of nitrogens with one attached hydrogen (secondary N) is 2. The van der Waals surface area contributed by atoms with Gasteiger partial charge in [0, 0.05) is 12.6 Å². The number of hydrogen-bond acceptors (Lipinski definition) is 5. The number of ketones is 1. The van der Waals surface area contributed by atoms with Gasteiger partial charge in [0.15, 0.2) is 0 Å². The molecule has 1 aromatic carbocycles. The highest BCUT2D eigenvalue weighted by atomic mass is 19.4. The number of hydrogen-bond donors (Lipinski definition) is 2. The minimum Gasteiger partial charge on any atom is -0.344 e. The third kappa shape index (κ3) is 7.09. The molecule has 3 atom stereocenters. The van der Waals surface area contributed by atoms with Gasteiger partial charge in [-0.3, -0.25) is 19.2 Å². The largest absolute Gasteiger partial charge is 0.452 e. The van der Waals surface area contributed by atoms with Crippen molar-refractivity contribution in [3.63, 3.8) is 0 Å². The number of likely N-dealkylation sites (tertiary alicyclic amines) is 1. The van der Waals surface area contributed by atoms with Crippen LogP contribution in [0.5, 0.6) is 0 Å². The smallest absolute Gasteiger partial charge is 0.344 e. The third-order valence-electron chi connectivity index (χ3n) is 6.93. The maximum Gasteiger partial charge on any atom is 0.452 e. The van der Waals surface area contributed by atoms with E-state index in [9.17, 15) is 41.1 Å². The van der Waals surface area contributed by atoms with Gasteiger partial charge in [-0.25, -0.2) is 13.5 Å². The number of rotatable bonds is 9. The van der Waals surface area contributed by atoms with Crippen LogP contribution in [0.1, 0.15) is 56.6 Å². The molecular formula is C27H32F5N5O4. The van der Waals surface area contributed by atoms with E-state index < -0.39 is 71.3 Å². The Morgan fingerprint density at radius 1 is 0.951 bits per heavy atom. The minimum absolute atomic E-state index is 0.0364. The molecule has 224 valence electrons. The fraction of sp³-hybridized carbons (Fsp3) is 0.519. The standard InChI is InChI=1S/C27H32F5N5O4/c1-13(2)21(23(38)27(30,31)32)34-25(40)20-7-6-8-36(20)26(41)22(14(3)4)35-24(39)19-12-33-37(15(19)5)18-10-16(28)9-17(29)11-18/h9-14,20-22H,6-8H2,1-5H3,(H,34,40)(H,35,39)/t20-,21-,22-/m0/s1. The average Bonchev–Trinajstić information content (AvgIpc) is 3.50.